The van der Waals surface area contributed by atoms with E-state index >= 15 is 0 Å². The third kappa shape index (κ3) is 3.77. The highest BCUT2D eigenvalue weighted by Gasteiger charge is 2.19. The molecular weight excluding hydrogens is 320 g/mol. The Morgan fingerprint density at radius 3 is 2.68 bits per heavy atom. The maximum absolute atomic E-state index is 12.5. The average Bonchev–Trinajstić information content (AvgIpc) is 3.22. The van der Waals surface area contributed by atoms with E-state index in [2.05, 4.69) is 15.7 Å². The van der Waals surface area contributed by atoms with Gasteiger partial charge in [0.2, 0.25) is 0 Å². The van der Waals surface area contributed by atoms with Gasteiger partial charge in [-0.25, -0.2) is 0 Å². The lowest BCUT2D eigenvalue weighted by atomic mass is 10.1. The predicted octanol–water partition coefficient (Wildman–Crippen LogP) is 2.50. The molecular formula is C18H18N4O3. The fraction of sp³-hybridized carbons (Fsp3) is 0.167. The van der Waals surface area contributed by atoms with Crippen LogP contribution in [0.1, 0.15) is 32.2 Å². The summed E-state index contributed by atoms with van der Waals surface area (Å²) in [4.78, 5) is 24.8. The summed E-state index contributed by atoms with van der Waals surface area (Å²) in [6, 6.07) is 10.8. The van der Waals surface area contributed by atoms with Crippen LogP contribution in [0.5, 0.6) is 0 Å². The molecule has 0 saturated carbocycles. The summed E-state index contributed by atoms with van der Waals surface area (Å²) in [6.07, 6.45) is 3.13. The lowest BCUT2D eigenvalue weighted by Gasteiger charge is -2.07. The van der Waals surface area contributed by atoms with Gasteiger partial charge in [0.15, 0.2) is 5.69 Å². The molecule has 2 aromatic heterocycles. The van der Waals surface area contributed by atoms with Gasteiger partial charge in [-0.1, -0.05) is 18.2 Å². The van der Waals surface area contributed by atoms with Gasteiger partial charge in [0, 0.05) is 18.8 Å². The van der Waals surface area contributed by atoms with Crippen LogP contribution < -0.4 is 10.6 Å². The Morgan fingerprint density at radius 1 is 1.16 bits per heavy atom. The van der Waals surface area contributed by atoms with Crippen LogP contribution in [0.15, 0.2) is 53.3 Å². The zero-order chi connectivity index (χ0) is 17.8. The largest absolute Gasteiger partial charge is 0.467 e. The van der Waals surface area contributed by atoms with Crippen molar-refractivity contribution in [1.82, 2.24) is 15.1 Å². The van der Waals surface area contributed by atoms with Crippen LogP contribution in [0.4, 0.5) is 5.69 Å². The van der Waals surface area contributed by atoms with Crippen LogP contribution in [0.3, 0.4) is 0 Å². The van der Waals surface area contributed by atoms with Gasteiger partial charge in [-0.2, -0.15) is 5.10 Å². The number of nitrogens with zero attached hydrogens (tertiary/aromatic N) is 2. The fourth-order valence-corrected chi connectivity index (χ4v) is 2.43. The number of anilines is 1. The topological polar surface area (TPSA) is 89.2 Å². The van der Waals surface area contributed by atoms with E-state index in [1.54, 1.807) is 37.5 Å². The standard InChI is InChI=1S/C18H18N4O3/c1-12-6-3-4-8-14(12)17(23)20-15-11-22(2)21-16(15)18(24)19-10-13-7-5-9-25-13/h3-9,11H,10H2,1-2H3,(H,19,24)(H,20,23). The molecule has 2 N–H and O–H groups in total. The van der Waals surface area contributed by atoms with Crippen molar-refractivity contribution in [3.05, 3.63) is 71.4 Å². The minimum Gasteiger partial charge on any atom is -0.467 e. The van der Waals surface area contributed by atoms with E-state index in [-0.39, 0.29) is 18.1 Å². The molecule has 0 radical (unpaired) electrons. The summed E-state index contributed by atoms with van der Waals surface area (Å²) in [6.45, 7) is 2.10. The van der Waals surface area contributed by atoms with Crippen LogP contribution in [-0.4, -0.2) is 21.6 Å². The van der Waals surface area contributed by atoms with Gasteiger partial charge in [-0.05, 0) is 30.7 Å². The molecule has 0 atom stereocenters. The summed E-state index contributed by atoms with van der Waals surface area (Å²) >= 11 is 0. The summed E-state index contributed by atoms with van der Waals surface area (Å²) in [7, 11) is 1.69. The quantitative estimate of drug-likeness (QED) is 0.748. The second-order valence-electron chi connectivity index (χ2n) is 5.60. The number of carbonyl (C=O) groups excluding carboxylic acids is 2. The molecule has 0 unspecified atom stereocenters. The van der Waals surface area contributed by atoms with Gasteiger partial charge >= 0.3 is 0 Å². The van der Waals surface area contributed by atoms with Crippen LogP contribution in [0.25, 0.3) is 0 Å². The van der Waals surface area contributed by atoms with Crippen molar-refractivity contribution in [2.24, 2.45) is 7.05 Å². The minimum atomic E-state index is -0.392. The highest BCUT2D eigenvalue weighted by atomic mass is 16.3. The van der Waals surface area contributed by atoms with Crippen molar-refractivity contribution in [3.63, 3.8) is 0 Å². The summed E-state index contributed by atoms with van der Waals surface area (Å²) < 4.78 is 6.66. The van der Waals surface area contributed by atoms with Crippen molar-refractivity contribution in [2.75, 3.05) is 5.32 Å². The number of rotatable bonds is 5. The highest BCUT2D eigenvalue weighted by Crippen LogP contribution is 2.16. The number of hydrogen-bond donors (Lipinski definition) is 2. The second kappa shape index (κ2) is 7.04. The summed E-state index contributed by atoms with van der Waals surface area (Å²) in [5.41, 5.74) is 1.91. The molecule has 0 spiro atoms. The molecule has 0 aliphatic carbocycles. The highest BCUT2D eigenvalue weighted by molar-refractivity contribution is 6.08. The number of nitrogens with one attached hydrogen (secondary N) is 2. The summed E-state index contributed by atoms with van der Waals surface area (Å²) in [5.74, 6) is -0.0435. The molecule has 7 heteroatoms. The van der Waals surface area contributed by atoms with Gasteiger partial charge in [-0.15, -0.1) is 0 Å². The Bertz CT molecular complexity index is 897. The predicted molar refractivity (Wildman–Crippen MR) is 92.2 cm³/mol. The molecule has 0 bridgehead atoms. The van der Waals surface area contributed by atoms with Gasteiger partial charge in [0.25, 0.3) is 11.8 Å². The molecule has 0 saturated heterocycles. The molecule has 1 aromatic carbocycles. The number of hydrogen-bond acceptors (Lipinski definition) is 4. The van der Waals surface area contributed by atoms with Crippen LogP contribution >= 0.6 is 0 Å². The van der Waals surface area contributed by atoms with Gasteiger partial charge in [0.1, 0.15) is 5.76 Å². The minimum absolute atomic E-state index is 0.149. The molecule has 3 aromatic rings. The number of benzene rings is 1. The molecule has 0 aliphatic rings. The van der Waals surface area contributed by atoms with Crippen molar-refractivity contribution in [1.29, 1.82) is 0 Å². The van der Waals surface area contributed by atoms with Crippen molar-refractivity contribution in [2.45, 2.75) is 13.5 Å². The maximum atomic E-state index is 12.5. The van der Waals surface area contributed by atoms with Crippen LogP contribution in [0, 0.1) is 6.92 Å². The molecule has 0 aliphatic heterocycles. The van der Waals surface area contributed by atoms with E-state index in [1.807, 2.05) is 19.1 Å². The Balaban J connectivity index is 1.75. The van der Waals surface area contributed by atoms with E-state index in [1.165, 1.54) is 10.9 Å². The van der Waals surface area contributed by atoms with Crippen molar-refractivity contribution >= 4 is 17.5 Å². The zero-order valence-electron chi connectivity index (χ0n) is 13.9. The van der Waals surface area contributed by atoms with E-state index < -0.39 is 5.91 Å². The zero-order valence-corrected chi connectivity index (χ0v) is 13.9. The number of carbonyl (C=O) groups is 2. The first-order valence-corrected chi connectivity index (χ1v) is 7.76. The van der Waals surface area contributed by atoms with Gasteiger partial charge in [-0.3, -0.25) is 14.3 Å². The lowest BCUT2D eigenvalue weighted by Crippen LogP contribution is -2.25. The molecule has 128 valence electrons. The second-order valence-corrected chi connectivity index (χ2v) is 5.60. The van der Waals surface area contributed by atoms with Crippen LogP contribution in [0.2, 0.25) is 0 Å². The van der Waals surface area contributed by atoms with Crippen LogP contribution in [-0.2, 0) is 13.6 Å². The van der Waals surface area contributed by atoms with Gasteiger partial charge < -0.3 is 15.1 Å². The molecule has 7 nitrogen and oxygen atoms in total. The average molecular weight is 338 g/mol. The lowest BCUT2D eigenvalue weighted by molar-refractivity contribution is 0.0943. The van der Waals surface area contributed by atoms with E-state index in [0.717, 1.165) is 5.56 Å². The number of amides is 2. The normalized spacial score (nSPS) is 10.5. The number of aryl methyl sites for hydroxylation is 2. The Morgan fingerprint density at radius 2 is 1.96 bits per heavy atom. The SMILES string of the molecule is Cc1ccccc1C(=O)Nc1cn(C)nc1C(=O)NCc1ccco1. The Hall–Kier alpha value is -3.35. The monoisotopic (exact) mass is 338 g/mol. The Kier molecular flexibility index (Phi) is 4.65. The third-order valence-corrected chi connectivity index (χ3v) is 3.69. The molecule has 2 amide bonds. The fourth-order valence-electron chi connectivity index (χ4n) is 2.43. The number of furan rings is 1. The number of aromatic nitrogens is 2. The molecule has 25 heavy (non-hydrogen) atoms. The first kappa shape index (κ1) is 16.5. The van der Waals surface area contributed by atoms with Gasteiger partial charge in [0.05, 0.1) is 18.5 Å². The first-order valence-electron chi connectivity index (χ1n) is 7.76. The van der Waals surface area contributed by atoms with E-state index in [4.69, 9.17) is 4.42 Å². The molecule has 2 heterocycles. The first-order chi connectivity index (χ1) is 12.0. The Labute approximate surface area is 144 Å². The van der Waals surface area contributed by atoms with Crippen molar-refractivity contribution in [3.8, 4) is 0 Å². The third-order valence-electron chi connectivity index (χ3n) is 3.69. The smallest absolute Gasteiger partial charge is 0.274 e. The van der Waals surface area contributed by atoms with E-state index in [9.17, 15) is 9.59 Å². The summed E-state index contributed by atoms with van der Waals surface area (Å²) in [5, 5.41) is 9.61. The molecule has 0 fully saturated rings. The van der Waals surface area contributed by atoms with E-state index in [0.29, 0.717) is 17.0 Å². The van der Waals surface area contributed by atoms with Crippen molar-refractivity contribution < 1.29 is 14.0 Å². The molecule has 3 rings (SSSR count). The maximum Gasteiger partial charge on any atom is 0.274 e.